The number of nitrogens with one attached hydrogen (secondary N) is 1. The first kappa shape index (κ1) is 14.1. The molecule has 0 spiro atoms. The highest BCUT2D eigenvalue weighted by Gasteiger charge is 2.36. The molecule has 0 aromatic carbocycles. The Balaban J connectivity index is 2.33. The Labute approximate surface area is 118 Å². The van der Waals surface area contributed by atoms with Gasteiger partial charge in [0.05, 0.1) is 20.2 Å². The molecule has 2 atom stereocenters. The first-order valence-electron chi connectivity index (χ1n) is 4.92. The lowest BCUT2D eigenvalue weighted by atomic mass is 10.1. The first-order chi connectivity index (χ1) is 8.28. The number of carbonyl (C=O) groups is 1. The molecular formula is C9H9Cl2NO4S2. The molecule has 2 N–H and O–H groups in total. The maximum absolute atomic E-state index is 11.7. The van der Waals surface area contributed by atoms with E-state index in [1.807, 2.05) is 0 Å². The maximum atomic E-state index is 11.7. The lowest BCUT2D eigenvalue weighted by molar-refractivity contribution is -0.139. The maximum Gasteiger partial charge on any atom is 0.321 e. The van der Waals surface area contributed by atoms with Gasteiger partial charge in [-0.25, -0.2) is 8.42 Å². The van der Waals surface area contributed by atoms with E-state index >= 15 is 0 Å². The van der Waals surface area contributed by atoms with Crippen LogP contribution in [0.4, 0.5) is 0 Å². The molecular weight excluding hydrogens is 321 g/mol. The summed E-state index contributed by atoms with van der Waals surface area (Å²) in [5.41, 5.74) is 0.529. The van der Waals surface area contributed by atoms with Crippen molar-refractivity contribution in [1.82, 2.24) is 5.32 Å². The van der Waals surface area contributed by atoms with Crippen molar-refractivity contribution in [3.05, 3.63) is 20.3 Å². The molecule has 1 aliphatic rings. The predicted octanol–water partition coefficient (Wildman–Crippen LogP) is 1.57. The third-order valence-corrected chi connectivity index (χ3v) is 5.80. The Hall–Kier alpha value is -0.340. The minimum absolute atomic E-state index is 0.177. The van der Waals surface area contributed by atoms with E-state index in [1.54, 1.807) is 6.07 Å². The van der Waals surface area contributed by atoms with Crippen LogP contribution in [-0.4, -0.2) is 37.0 Å². The van der Waals surface area contributed by atoms with Gasteiger partial charge in [-0.15, -0.1) is 11.3 Å². The van der Waals surface area contributed by atoms with Crippen molar-refractivity contribution in [3.8, 4) is 0 Å². The smallest absolute Gasteiger partial charge is 0.321 e. The van der Waals surface area contributed by atoms with E-state index in [9.17, 15) is 13.2 Å². The number of hydrogen-bond acceptors (Lipinski definition) is 5. The number of aliphatic carboxylic acids is 1. The number of carboxylic acids is 1. The van der Waals surface area contributed by atoms with Crippen molar-refractivity contribution < 1.29 is 18.3 Å². The fourth-order valence-corrected chi connectivity index (χ4v) is 5.07. The topological polar surface area (TPSA) is 83.5 Å². The summed E-state index contributed by atoms with van der Waals surface area (Å²) >= 11 is 12.9. The van der Waals surface area contributed by atoms with Gasteiger partial charge in [0.2, 0.25) is 0 Å². The van der Waals surface area contributed by atoms with E-state index in [1.165, 1.54) is 0 Å². The average Bonchev–Trinajstić information content (AvgIpc) is 2.55. The lowest BCUT2D eigenvalue weighted by Crippen LogP contribution is -2.51. The second-order valence-electron chi connectivity index (χ2n) is 3.97. The van der Waals surface area contributed by atoms with Gasteiger partial charge in [0.25, 0.3) is 0 Å². The molecule has 1 aromatic heterocycles. The predicted molar refractivity (Wildman–Crippen MR) is 70.3 cm³/mol. The SMILES string of the molecule is O=C(O)C1CS(=O)(=O)CC(c2cc(Cl)sc2Cl)N1. The van der Waals surface area contributed by atoms with Gasteiger partial charge in [0.15, 0.2) is 9.84 Å². The molecule has 2 unspecified atom stereocenters. The number of thiophene rings is 1. The molecule has 1 saturated heterocycles. The molecule has 5 nitrogen and oxygen atoms in total. The van der Waals surface area contributed by atoms with Gasteiger partial charge in [-0.1, -0.05) is 23.2 Å². The van der Waals surface area contributed by atoms with Gasteiger partial charge in [-0.3, -0.25) is 10.1 Å². The van der Waals surface area contributed by atoms with Crippen LogP contribution in [0, 0.1) is 0 Å². The molecule has 100 valence electrons. The number of carboxylic acid groups (broad SMARTS) is 1. The molecule has 1 aliphatic heterocycles. The van der Waals surface area contributed by atoms with Gasteiger partial charge >= 0.3 is 5.97 Å². The lowest BCUT2D eigenvalue weighted by Gasteiger charge is -2.28. The van der Waals surface area contributed by atoms with Crippen molar-refractivity contribution in [1.29, 1.82) is 0 Å². The number of hydrogen-bond donors (Lipinski definition) is 2. The van der Waals surface area contributed by atoms with Crippen molar-refractivity contribution in [3.63, 3.8) is 0 Å². The van der Waals surface area contributed by atoms with Crippen LogP contribution in [-0.2, 0) is 14.6 Å². The molecule has 0 aliphatic carbocycles. The summed E-state index contributed by atoms with van der Waals surface area (Å²) in [6, 6.07) is -0.198. The summed E-state index contributed by atoms with van der Waals surface area (Å²) in [4.78, 5) is 10.9. The Kier molecular flexibility index (Phi) is 3.89. The molecule has 9 heteroatoms. The van der Waals surface area contributed by atoms with Crippen LogP contribution in [0.1, 0.15) is 11.6 Å². The quantitative estimate of drug-likeness (QED) is 0.860. The number of sulfone groups is 1. The van der Waals surface area contributed by atoms with Gasteiger partial charge in [0, 0.05) is 11.6 Å². The summed E-state index contributed by atoms with van der Waals surface area (Å²) in [5.74, 6) is -1.78. The Morgan fingerprint density at radius 1 is 1.44 bits per heavy atom. The molecule has 0 radical (unpaired) electrons. The van der Waals surface area contributed by atoms with Crippen molar-refractivity contribution in [2.75, 3.05) is 11.5 Å². The van der Waals surface area contributed by atoms with Crippen LogP contribution < -0.4 is 5.32 Å². The number of halogens is 2. The molecule has 2 rings (SSSR count). The third kappa shape index (κ3) is 2.97. The van der Waals surface area contributed by atoms with Crippen LogP contribution in [0.2, 0.25) is 8.67 Å². The van der Waals surface area contributed by atoms with E-state index in [-0.39, 0.29) is 5.75 Å². The third-order valence-electron chi connectivity index (χ3n) is 2.60. The van der Waals surface area contributed by atoms with Crippen LogP contribution >= 0.6 is 34.5 Å². The molecule has 0 amide bonds. The zero-order chi connectivity index (χ0) is 13.5. The van der Waals surface area contributed by atoms with Crippen molar-refractivity contribution in [2.24, 2.45) is 0 Å². The second-order valence-corrected chi connectivity index (χ2v) is 8.41. The zero-order valence-corrected chi connectivity index (χ0v) is 12.0. The summed E-state index contributed by atoms with van der Waals surface area (Å²) in [6.45, 7) is 0. The van der Waals surface area contributed by atoms with Crippen molar-refractivity contribution in [2.45, 2.75) is 12.1 Å². The van der Waals surface area contributed by atoms with Gasteiger partial charge < -0.3 is 5.11 Å². The summed E-state index contributed by atoms with van der Waals surface area (Å²) in [7, 11) is -3.42. The standard InChI is InChI=1S/C9H9Cl2NO4S2/c10-7-1-4(8(11)17-7)5-2-18(15,16)3-6(12-5)9(13)14/h1,5-6,12H,2-3H2,(H,13,14). The Morgan fingerprint density at radius 2 is 2.11 bits per heavy atom. The molecule has 18 heavy (non-hydrogen) atoms. The van der Waals surface area contributed by atoms with Crippen molar-refractivity contribution >= 4 is 50.3 Å². The minimum Gasteiger partial charge on any atom is -0.480 e. The van der Waals surface area contributed by atoms with E-state index in [0.29, 0.717) is 14.2 Å². The van der Waals surface area contributed by atoms with E-state index in [2.05, 4.69) is 5.32 Å². The largest absolute Gasteiger partial charge is 0.480 e. The summed E-state index contributed by atoms with van der Waals surface area (Å²) < 4.78 is 24.2. The van der Waals surface area contributed by atoms with Gasteiger partial charge in [0.1, 0.15) is 6.04 Å². The van der Waals surface area contributed by atoms with E-state index < -0.39 is 33.6 Å². The van der Waals surface area contributed by atoms with E-state index in [4.69, 9.17) is 28.3 Å². The number of rotatable bonds is 2. The summed E-state index contributed by atoms with van der Waals surface area (Å²) in [5, 5.41) is 11.7. The second kappa shape index (κ2) is 4.97. The highest BCUT2D eigenvalue weighted by molar-refractivity contribution is 7.91. The van der Waals surface area contributed by atoms with Crippen LogP contribution in [0.15, 0.2) is 6.07 Å². The Morgan fingerprint density at radius 3 is 2.61 bits per heavy atom. The van der Waals surface area contributed by atoms with Crippen LogP contribution in [0.25, 0.3) is 0 Å². The van der Waals surface area contributed by atoms with Gasteiger partial charge in [-0.2, -0.15) is 0 Å². The molecule has 1 fully saturated rings. The molecule has 0 bridgehead atoms. The Bertz CT molecular complexity index is 583. The minimum atomic E-state index is -3.42. The van der Waals surface area contributed by atoms with Crippen LogP contribution in [0.5, 0.6) is 0 Å². The summed E-state index contributed by atoms with van der Waals surface area (Å²) in [6.07, 6.45) is 0. The van der Waals surface area contributed by atoms with E-state index in [0.717, 1.165) is 11.3 Å². The normalized spacial score (nSPS) is 27.0. The highest BCUT2D eigenvalue weighted by atomic mass is 35.5. The molecule has 2 heterocycles. The average molecular weight is 330 g/mol. The van der Waals surface area contributed by atoms with Gasteiger partial charge in [-0.05, 0) is 6.07 Å². The fourth-order valence-electron chi connectivity index (χ4n) is 1.83. The molecule has 1 aromatic rings. The zero-order valence-electron chi connectivity index (χ0n) is 8.89. The monoisotopic (exact) mass is 329 g/mol. The highest BCUT2D eigenvalue weighted by Crippen LogP contribution is 2.36. The fraction of sp³-hybridized carbons (Fsp3) is 0.444. The molecule has 0 saturated carbocycles. The van der Waals surface area contributed by atoms with Crippen LogP contribution in [0.3, 0.4) is 0 Å². The first-order valence-corrected chi connectivity index (χ1v) is 8.32.